The lowest BCUT2D eigenvalue weighted by molar-refractivity contribution is -0.140. The summed E-state index contributed by atoms with van der Waals surface area (Å²) in [7, 11) is 1.32. The molecule has 0 aliphatic heterocycles. The van der Waals surface area contributed by atoms with Gasteiger partial charge in [0.2, 0.25) is 0 Å². The normalized spacial score (nSPS) is 13.5. The molecule has 0 saturated carbocycles. The van der Waals surface area contributed by atoms with Crippen molar-refractivity contribution in [3.63, 3.8) is 0 Å². The summed E-state index contributed by atoms with van der Waals surface area (Å²) < 4.78 is 5.80. The van der Waals surface area contributed by atoms with E-state index in [0.717, 1.165) is 24.0 Å². The van der Waals surface area contributed by atoms with Gasteiger partial charge in [0.15, 0.2) is 0 Å². The Morgan fingerprint density at radius 1 is 1.21 bits per heavy atom. The number of fused-ring (bicyclic) bond motifs is 2. The third-order valence-electron chi connectivity index (χ3n) is 5.37. The molecule has 0 unspecified atom stereocenters. The van der Waals surface area contributed by atoms with Gasteiger partial charge >= 0.3 is 11.7 Å². The molecule has 0 atom stereocenters. The van der Waals surface area contributed by atoms with Crippen molar-refractivity contribution in [2.45, 2.75) is 45.1 Å². The number of hydrogen-bond donors (Lipinski definition) is 1. The quantitative estimate of drug-likeness (QED) is 0.669. The third-order valence-corrected chi connectivity index (χ3v) is 6.26. The van der Waals surface area contributed by atoms with E-state index in [0.29, 0.717) is 16.6 Å². The predicted octanol–water partition coefficient (Wildman–Crippen LogP) is 3.25. The Labute approximate surface area is 165 Å². The third kappa shape index (κ3) is 3.42. The van der Waals surface area contributed by atoms with Crippen LogP contribution in [0.3, 0.4) is 0 Å². The minimum atomic E-state index is -0.443. The number of hydrogen-bond acceptors (Lipinski definition) is 5. The SMILES string of the molecule is COC(=O)CCCn1c(=O)[nH]c2scc(-c3ccc4c(c3)CCCC4)c2c1=O. The van der Waals surface area contributed by atoms with Gasteiger partial charge in [0.25, 0.3) is 5.56 Å². The molecule has 0 amide bonds. The topological polar surface area (TPSA) is 81.2 Å². The standard InChI is InChI=1S/C21H22N2O4S/c1-27-17(24)7-4-10-23-20(25)18-16(12-28-19(18)22-21(23)26)15-9-8-13-5-2-3-6-14(13)11-15/h8-9,11-12H,2-7,10H2,1H3,(H,22,26). The fourth-order valence-electron chi connectivity index (χ4n) is 3.85. The molecule has 146 valence electrons. The van der Waals surface area contributed by atoms with Crippen LogP contribution in [0.25, 0.3) is 21.3 Å². The van der Waals surface area contributed by atoms with E-state index in [2.05, 4.69) is 27.9 Å². The van der Waals surface area contributed by atoms with E-state index in [-0.39, 0.29) is 24.5 Å². The van der Waals surface area contributed by atoms with E-state index in [1.54, 1.807) is 0 Å². The first-order chi connectivity index (χ1) is 13.6. The van der Waals surface area contributed by atoms with Crippen molar-refractivity contribution in [2.24, 2.45) is 0 Å². The molecule has 1 N–H and O–H groups in total. The second kappa shape index (κ2) is 7.75. The second-order valence-corrected chi connectivity index (χ2v) is 7.99. The number of nitrogens with one attached hydrogen (secondary N) is 1. The number of H-pyrrole nitrogens is 1. The Balaban J connectivity index is 1.74. The van der Waals surface area contributed by atoms with Gasteiger partial charge in [-0.2, -0.15) is 0 Å². The molecule has 28 heavy (non-hydrogen) atoms. The largest absolute Gasteiger partial charge is 0.469 e. The zero-order chi connectivity index (χ0) is 19.7. The molecule has 0 spiro atoms. The predicted molar refractivity (Wildman–Crippen MR) is 110 cm³/mol. The van der Waals surface area contributed by atoms with E-state index < -0.39 is 5.69 Å². The number of methoxy groups -OCH3 is 1. The number of nitrogens with zero attached hydrogens (tertiary/aromatic N) is 1. The van der Waals surface area contributed by atoms with Crippen molar-refractivity contribution >= 4 is 27.5 Å². The Morgan fingerprint density at radius 3 is 2.79 bits per heavy atom. The van der Waals surface area contributed by atoms with Crippen LogP contribution in [0.15, 0.2) is 33.2 Å². The van der Waals surface area contributed by atoms with E-state index in [1.165, 1.54) is 47.0 Å². The van der Waals surface area contributed by atoms with Crippen LogP contribution in [0.1, 0.15) is 36.8 Å². The maximum absolute atomic E-state index is 13.1. The molecule has 4 rings (SSSR count). The van der Waals surface area contributed by atoms with Crippen molar-refractivity contribution in [2.75, 3.05) is 7.11 Å². The Hall–Kier alpha value is -2.67. The number of carbonyl (C=O) groups is 1. The molecular formula is C21H22N2O4S. The molecular weight excluding hydrogens is 376 g/mol. The van der Waals surface area contributed by atoms with Crippen molar-refractivity contribution in [3.05, 3.63) is 55.5 Å². The minimum Gasteiger partial charge on any atom is -0.469 e. The van der Waals surface area contributed by atoms with E-state index in [1.807, 2.05) is 5.38 Å². The van der Waals surface area contributed by atoms with Crippen molar-refractivity contribution < 1.29 is 9.53 Å². The molecule has 0 bridgehead atoms. The first kappa shape index (κ1) is 18.7. The molecule has 0 fully saturated rings. The summed E-state index contributed by atoms with van der Waals surface area (Å²) >= 11 is 1.37. The Morgan fingerprint density at radius 2 is 2.00 bits per heavy atom. The van der Waals surface area contributed by atoms with Gasteiger partial charge in [-0.1, -0.05) is 18.2 Å². The summed E-state index contributed by atoms with van der Waals surface area (Å²) in [4.78, 5) is 40.1. The number of thiophene rings is 1. The highest BCUT2D eigenvalue weighted by atomic mass is 32.1. The van der Waals surface area contributed by atoms with Crippen LogP contribution in [0.5, 0.6) is 0 Å². The summed E-state index contributed by atoms with van der Waals surface area (Å²) in [6.45, 7) is 0.179. The lowest BCUT2D eigenvalue weighted by atomic mass is 9.89. The number of carbonyl (C=O) groups excluding carboxylic acids is 1. The number of benzene rings is 1. The van der Waals surface area contributed by atoms with Gasteiger partial charge in [-0.05, 0) is 48.8 Å². The summed E-state index contributed by atoms with van der Waals surface area (Å²) in [5.74, 6) is -0.351. The molecule has 7 heteroatoms. The summed E-state index contributed by atoms with van der Waals surface area (Å²) in [6.07, 6.45) is 5.15. The van der Waals surface area contributed by atoms with Crippen LogP contribution < -0.4 is 11.2 Å². The number of esters is 1. The summed E-state index contributed by atoms with van der Waals surface area (Å²) in [5, 5.41) is 2.48. The fraction of sp³-hybridized carbons (Fsp3) is 0.381. The molecule has 3 aromatic rings. The van der Waals surface area contributed by atoms with Gasteiger partial charge in [0, 0.05) is 23.9 Å². The molecule has 0 radical (unpaired) electrons. The second-order valence-electron chi connectivity index (χ2n) is 7.11. The molecule has 2 aromatic heterocycles. The van der Waals surface area contributed by atoms with Crippen LogP contribution in [0, 0.1) is 0 Å². The summed E-state index contributed by atoms with van der Waals surface area (Å²) in [6, 6.07) is 6.41. The van der Waals surface area contributed by atoms with Gasteiger partial charge in [-0.3, -0.25) is 19.1 Å². The lowest BCUT2D eigenvalue weighted by Crippen LogP contribution is -2.35. The molecule has 2 heterocycles. The lowest BCUT2D eigenvalue weighted by Gasteiger charge is -2.16. The number of aromatic amines is 1. The minimum absolute atomic E-state index is 0.168. The number of aromatic nitrogens is 2. The van der Waals surface area contributed by atoms with Crippen LogP contribution in [-0.4, -0.2) is 22.6 Å². The molecule has 1 aliphatic rings. The maximum Gasteiger partial charge on any atom is 0.329 e. The number of rotatable bonds is 5. The van der Waals surface area contributed by atoms with Crippen molar-refractivity contribution in [1.29, 1.82) is 0 Å². The first-order valence-corrected chi connectivity index (χ1v) is 10.4. The molecule has 1 aromatic carbocycles. The molecule has 6 nitrogen and oxygen atoms in total. The Kier molecular flexibility index (Phi) is 5.17. The molecule has 1 aliphatic carbocycles. The van der Waals surface area contributed by atoms with Crippen LogP contribution in [-0.2, 0) is 28.9 Å². The zero-order valence-electron chi connectivity index (χ0n) is 15.7. The fourth-order valence-corrected chi connectivity index (χ4v) is 4.81. The van der Waals surface area contributed by atoms with E-state index >= 15 is 0 Å². The molecule has 0 saturated heterocycles. The van der Waals surface area contributed by atoms with Gasteiger partial charge < -0.3 is 4.74 Å². The number of ether oxygens (including phenoxy) is 1. The average molecular weight is 398 g/mol. The smallest absolute Gasteiger partial charge is 0.329 e. The van der Waals surface area contributed by atoms with Gasteiger partial charge in [-0.15, -0.1) is 11.3 Å². The zero-order valence-corrected chi connectivity index (χ0v) is 16.6. The maximum atomic E-state index is 13.1. The van der Waals surface area contributed by atoms with Crippen LogP contribution in [0.2, 0.25) is 0 Å². The Bertz CT molecular complexity index is 1160. The van der Waals surface area contributed by atoms with E-state index in [4.69, 9.17) is 0 Å². The monoisotopic (exact) mass is 398 g/mol. The highest BCUT2D eigenvalue weighted by Crippen LogP contribution is 2.33. The van der Waals surface area contributed by atoms with Crippen molar-refractivity contribution in [3.8, 4) is 11.1 Å². The van der Waals surface area contributed by atoms with Gasteiger partial charge in [-0.25, -0.2) is 4.79 Å². The van der Waals surface area contributed by atoms with Gasteiger partial charge in [0.05, 0.1) is 12.5 Å². The number of aryl methyl sites for hydroxylation is 2. The van der Waals surface area contributed by atoms with E-state index in [9.17, 15) is 14.4 Å². The first-order valence-electron chi connectivity index (χ1n) is 9.52. The average Bonchev–Trinajstić information content (AvgIpc) is 3.13. The van der Waals surface area contributed by atoms with Crippen LogP contribution >= 0.6 is 11.3 Å². The highest BCUT2D eigenvalue weighted by molar-refractivity contribution is 7.17. The van der Waals surface area contributed by atoms with Gasteiger partial charge in [0.1, 0.15) is 4.83 Å². The summed E-state index contributed by atoms with van der Waals surface area (Å²) in [5.41, 5.74) is 3.86. The van der Waals surface area contributed by atoms with Crippen molar-refractivity contribution in [1.82, 2.24) is 9.55 Å². The highest BCUT2D eigenvalue weighted by Gasteiger charge is 2.17. The van der Waals surface area contributed by atoms with Crippen LogP contribution in [0.4, 0.5) is 0 Å².